The van der Waals surface area contributed by atoms with E-state index in [1.54, 1.807) is 12.3 Å². The Labute approximate surface area is 114 Å². The Balaban J connectivity index is 2.31. The van der Waals surface area contributed by atoms with Crippen molar-refractivity contribution in [3.63, 3.8) is 0 Å². The molecule has 0 spiro atoms. The Kier molecular flexibility index (Phi) is 3.39. The van der Waals surface area contributed by atoms with E-state index in [0.29, 0.717) is 11.4 Å². The number of hydrogen-bond acceptors (Lipinski definition) is 6. The third-order valence-electron chi connectivity index (χ3n) is 2.57. The van der Waals surface area contributed by atoms with Gasteiger partial charge in [0.2, 0.25) is 0 Å². The van der Waals surface area contributed by atoms with Crippen LogP contribution in [0, 0.1) is 10.1 Å². The summed E-state index contributed by atoms with van der Waals surface area (Å²) in [5.74, 6) is 0. The molecule has 0 saturated carbocycles. The number of aromatic nitrogens is 1. The summed E-state index contributed by atoms with van der Waals surface area (Å²) in [5, 5.41) is 16.8. The van der Waals surface area contributed by atoms with Crippen molar-refractivity contribution in [2.24, 2.45) is 0 Å². The molecular weight excluding hydrogens is 264 g/mol. The van der Waals surface area contributed by atoms with Crippen LogP contribution in [0.15, 0.2) is 29.8 Å². The molecule has 0 aliphatic heterocycles. The summed E-state index contributed by atoms with van der Waals surface area (Å²) in [7, 11) is 0. The van der Waals surface area contributed by atoms with E-state index in [1.165, 1.54) is 23.5 Å². The monoisotopic (exact) mass is 278 g/mol. The molecule has 2 rings (SSSR count). The second-order valence-electron chi connectivity index (χ2n) is 4.66. The number of nitrogens with one attached hydrogen (secondary N) is 1. The van der Waals surface area contributed by atoms with Crippen LogP contribution < -0.4 is 11.1 Å². The fourth-order valence-corrected chi connectivity index (χ4v) is 2.48. The maximum absolute atomic E-state index is 10.8. The highest BCUT2D eigenvalue weighted by Gasteiger charge is 2.23. The first-order valence-electron chi connectivity index (χ1n) is 5.61. The number of nitrogen functional groups attached to an aromatic ring is 1. The van der Waals surface area contributed by atoms with Gasteiger partial charge in [-0.15, -0.1) is 11.3 Å². The molecule has 7 heteroatoms. The Morgan fingerprint density at radius 3 is 2.74 bits per heavy atom. The molecule has 6 nitrogen and oxygen atoms in total. The summed E-state index contributed by atoms with van der Waals surface area (Å²) in [6.07, 6.45) is 1.73. The van der Waals surface area contributed by atoms with E-state index in [-0.39, 0.29) is 5.69 Å². The number of rotatable bonds is 4. The number of nitro benzene ring substituents is 1. The largest absolute Gasteiger partial charge is 0.398 e. The van der Waals surface area contributed by atoms with Crippen molar-refractivity contribution in [1.82, 2.24) is 4.98 Å². The SMILES string of the molecule is CC(C)(Nc1cc(N)cc([N+](=O)[O-])c1)c1nccs1. The predicted molar refractivity (Wildman–Crippen MR) is 76.3 cm³/mol. The van der Waals surface area contributed by atoms with Gasteiger partial charge in [0.1, 0.15) is 5.01 Å². The highest BCUT2D eigenvalue weighted by Crippen LogP contribution is 2.30. The van der Waals surface area contributed by atoms with Gasteiger partial charge in [-0.2, -0.15) is 0 Å². The van der Waals surface area contributed by atoms with Gasteiger partial charge in [0.25, 0.3) is 5.69 Å². The zero-order valence-electron chi connectivity index (χ0n) is 10.6. The van der Waals surface area contributed by atoms with Crippen LogP contribution in [0.25, 0.3) is 0 Å². The van der Waals surface area contributed by atoms with Crippen LogP contribution in [0.3, 0.4) is 0 Å². The molecule has 0 unspecified atom stereocenters. The Morgan fingerprint density at radius 2 is 2.16 bits per heavy atom. The number of hydrogen-bond donors (Lipinski definition) is 2. The van der Waals surface area contributed by atoms with Crippen LogP contribution in [-0.4, -0.2) is 9.91 Å². The van der Waals surface area contributed by atoms with Crippen LogP contribution in [0.4, 0.5) is 17.1 Å². The van der Waals surface area contributed by atoms with E-state index in [2.05, 4.69) is 10.3 Å². The average Bonchev–Trinajstić information content (AvgIpc) is 2.81. The fourth-order valence-electron chi connectivity index (χ4n) is 1.76. The van der Waals surface area contributed by atoms with Crippen molar-refractivity contribution in [3.05, 3.63) is 44.9 Å². The Morgan fingerprint density at radius 1 is 1.42 bits per heavy atom. The summed E-state index contributed by atoms with van der Waals surface area (Å²) in [6, 6.07) is 4.47. The van der Waals surface area contributed by atoms with E-state index < -0.39 is 10.5 Å². The number of anilines is 2. The van der Waals surface area contributed by atoms with E-state index in [0.717, 1.165) is 5.01 Å². The third-order valence-corrected chi connectivity index (χ3v) is 3.67. The smallest absolute Gasteiger partial charge is 0.273 e. The highest BCUT2D eigenvalue weighted by atomic mass is 32.1. The molecule has 0 bridgehead atoms. The van der Waals surface area contributed by atoms with Crippen molar-refractivity contribution in [2.45, 2.75) is 19.4 Å². The summed E-state index contributed by atoms with van der Waals surface area (Å²) < 4.78 is 0. The first kappa shape index (κ1) is 13.3. The summed E-state index contributed by atoms with van der Waals surface area (Å²) in [4.78, 5) is 14.6. The topological polar surface area (TPSA) is 94.1 Å². The average molecular weight is 278 g/mol. The van der Waals surface area contributed by atoms with E-state index in [1.807, 2.05) is 19.2 Å². The molecule has 0 atom stereocenters. The zero-order valence-corrected chi connectivity index (χ0v) is 11.4. The maximum atomic E-state index is 10.8. The minimum absolute atomic E-state index is 0.0301. The lowest BCUT2D eigenvalue weighted by atomic mass is 10.1. The highest BCUT2D eigenvalue weighted by molar-refractivity contribution is 7.09. The normalized spacial score (nSPS) is 11.3. The number of benzene rings is 1. The summed E-state index contributed by atoms with van der Waals surface area (Å²) in [6.45, 7) is 3.92. The van der Waals surface area contributed by atoms with Gasteiger partial charge in [0.05, 0.1) is 10.5 Å². The summed E-state index contributed by atoms with van der Waals surface area (Å²) in [5.41, 5.74) is 6.18. The van der Waals surface area contributed by atoms with Gasteiger partial charge in [-0.1, -0.05) is 0 Å². The predicted octanol–water partition coefficient (Wildman–Crippen LogP) is 2.98. The van der Waals surface area contributed by atoms with Gasteiger partial charge in [-0.3, -0.25) is 10.1 Å². The molecule has 0 fully saturated rings. The van der Waals surface area contributed by atoms with Crippen LogP contribution in [0.2, 0.25) is 0 Å². The lowest BCUT2D eigenvalue weighted by Crippen LogP contribution is -2.27. The van der Waals surface area contributed by atoms with Crippen molar-refractivity contribution in [1.29, 1.82) is 0 Å². The molecular formula is C12H14N4O2S. The lowest BCUT2D eigenvalue weighted by Gasteiger charge is -2.25. The molecule has 1 aromatic heterocycles. The van der Waals surface area contributed by atoms with Crippen LogP contribution >= 0.6 is 11.3 Å². The molecule has 0 amide bonds. The molecule has 0 saturated heterocycles. The van der Waals surface area contributed by atoms with Gasteiger partial charge in [0.15, 0.2) is 0 Å². The number of nitrogens with two attached hydrogens (primary N) is 1. The van der Waals surface area contributed by atoms with E-state index >= 15 is 0 Å². The zero-order chi connectivity index (χ0) is 14.0. The minimum atomic E-state index is -0.460. The lowest BCUT2D eigenvalue weighted by molar-refractivity contribution is -0.384. The molecule has 0 radical (unpaired) electrons. The molecule has 100 valence electrons. The number of thiazole rings is 1. The van der Waals surface area contributed by atoms with Gasteiger partial charge in [-0.05, 0) is 19.9 Å². The van der Waals surface area contributed by atoms with Crippen LogP contribution in [0.5, 0.6) is 0 Å². The van der Waals surface area contributed by atoms with E-state index in [9.17, 15) is 10.1 Å². The van der Waals surface area contributed by atoms with Crippen molar-refractivity contribution < 1.29 is 4.92 Å². The van der Waals surface area contributed by atoms with Crippen molar-refractivity contribution in [2.75, 3.05) is 11.1 Å². The van der Waals surface area contributed by atoms with Crippen LogP contribution in [-0.2, 0) is 5.54 Å². The molecule has 2 aromatic rings. The number of non-ortho nitro benzene ring substituents is 1. The molecule has 0 aliphatic rings. The van der Waals surface area contributed by atoms with Gasteiger partial charge < -0.3 is 11.1 Å². The molecule has 19 heavy (non-hydrogen) atoms. The van der Waals surface area contributed by atoms with Crippen molar-refractivity contribution in [3.8, 4) is 0 Å². The standard InChI is InChI=1S/C12H14N4O2S/c1-12(2,11-14-3-4-19-11)15-9-5-8(13)6-10(7-9)16(17)18/h3-7,15H,13H2,1-2H3. The van der Waals surface area contributed by atoms with Gasteiger partial charge in [-0.25, -0.2) is 4.98 Å². The van der Waals surface area contributed by atoms with Crippen molar-refractivity contribution >= 4 is 28.4 Å². The third kappa shape index (κ3) is 3.00. The molecule has 1 heterocycles. The molecule has 0 aliphatic carbocycles. The fraction of sp³-hybridized carbons (Fsp3) is 0.250. The molecule has 3 N–H and O–H groups in total. The Hall–Kier alpha value is -2.15. The van der Waals surface area contributed by atoms with Gasteiger partial charge >= 0.3 is 0 Å². The first-order chi connectivity index (χ1) is 8.88. The number of nitrogens with zero attached hydrogens (tertiary/aromatic N) is 2. The Bertz CT molecular complexity index is 596. The van der Waals surface area contributed by atoms with E-state index in [4.69, 9.17) is 5.73 Å². The number of nitro groups is 1. The molecule has 1 aromatic carbocycles. The second kappa shape index (κ2) is 4.85. The van der Waals surface area contributed by atoms with Gasteiger partial charge in [0, 0.05) is 35.1 Å². The van der Waals surface area contributed by atoms with Crippen LogP contribution in [0.1, 0.15) is 18.9 Å². The summed E-state index contributed by atoms with van der Waals surface area (Å²) >= 11 is 1.53. The minimum Gasteiger partial charge on any atom is -0.398 e. The first-order valence-corrected chi connectivity index (χ1v) is 6.49. The second-order valence-corrected chi connectivity index (χ2v) is 5.55. The maximum Gasteiger partial charge on any atom is 0.273 e. The quantitative estimate of drug-likeness (QED) is 0.509.